The van der Waals surface area contributed by atoms with Crippen LogP contribution in [0.25, 0.3) is 0 Å². The molecule has 0 fully saturated rings. The number of hydrogen-bond acceptors (Lipinski definition) is 5. The maximum Gasteiger partial charge on any atom is 0.290 e. The van der Waals surface area contributed by atoms with Crippen molar-refractivity contribution < 1.29 is 24.2 Å². The second kappa shape index (κ2) is 7.28. The third-order valence-corrected chi connectivity index (χ3v) is 3.84. The number of methoxy groups -OCH3 is 2. The number of benzene rings is 1. The Morgan fingerprint density at radius 2 is 2.09 bits per heavy atom. The van der Waals surface area contributed by atoms with Crippen molar-refractivity contribution in [3.05, 3.63) is 41.2 Å². The number of Topliss-reactive ketones (excluding diaryl/α,β-unsaturated/α-hetero) is 1. The predicted octanol–water partition coefficient (Wildman–Crippen LogP) is 2.02. The van der Waals surface area contributed by atoms with Gasteiger partial charge in [-0.3, -0.25) is 9.59 Å². The van der Waals surface area contributed by atoms with E-state index < -0.39 is 17.7 Å². The molecule has 0 aromatic heterocycles. The van der Waals surface area contributed by atoms with Crippen LogP contribution >= 0.6 is 0 Å². The average molecular weight is 319 g/mol. The summed E-state index contributed by atoms with van der Waals surface area (Å²) in [5.74, 6) is -0.694. The molecule has 2 rings (SSSR count). The molecular formula is C17H21NO5. The zero-order chi connectivity index (χ0) is 17.0. The lowest BCUT2D eigenvalue weighted by molar-refractivity contribution is -0.129. The van der Waals surface area contributed by atoms with E-state index in [-0.39, 0.29) is 11.4 Å². The Hall–Kier alpha value is -2.34. The molecule has 0 radical (unpaired) electrons. The van der Waals surface area contributed by atoms with Gasteiger partial charge in [0.2, 0.25) is 0 Å². The van der Waals surface area contributed by atoms with Gasteiger partial charge in [0.25, 0.3) is 5.91 Å². The fourth-order valence-corrected chi connectivity index (χ4v) is 2.78. The van der Waals surface area contributed by atoms with Crippen molar-refractivity contribution in [1.29, 1.82) is 0 Å². The van der Waals surface area contributed by atoms with Gasteiger partial charge in [-0.2, -0.15) is 0 Å². The molecule has 6 heteroatoms. The summed E-state index contributed by atoms with van der Waals surface area (Å²) in [4.78, 5) is 25.8. The number of ether oxygens (including phenoxy) is 2. The van der Waals surface area contributed by atoms with Gasteiger partial charge in [0.05, 0.1) is 18.7 Å². The van der Waals surface area contributed by atoms with Crippen LogP contribution in [-0.4, -0.2) is 49.1 Å². The van der Waals surface area contributed by atoms with E-state index in [0.717, 1.165) is 5.56 Å². The highest BCUT2D eigenvalue weighted by molar-refractivity contribution is 6.08. The molecule has 0 bridgehead atoms. The molecule has 6 nitrogen and oxygen atoms in total. The van der Waals surface area contributed by atoms with E-state index in [4.69, 9.17) is 9.47 Å². The van der Waals surface area contributed by atoms with E-state index in [9.17, 15) is 14.7 Å². The van der Waals surface area contributed by atoms with Gasteiger partial charge in [0.1, 0.15) is 5.75 Å². The zero-order valence-electron chi connectivity index (χ0n) is 13.5. The van der Waals surface area contributed by atoms with Crippen LogP contribution in [0.15, 0.2) is 35.6 Å². The van der Waals surface area contributed by atoms with Crippen molar-refractivity contribution in [2.45, 2.75) is 19.4 Å². The molecular weight excluding hydrogens is 298 g/mol. The summed E-state index contributed by atoms with van der Waals surface area (Å²) in [5.41, 5.74) is 0.852. The third-order valence-electron chi connectivity index (χ3n) is 3.84. The maximum absolute atomic E-state index is 12.3. The van der Waals surface area contributed by atoms with Crippen LogP contribution < -0.4 is 4.74 Å². The summed E-state index contributed by atoms with van der Waals surface area (Å²) in [6.07, 6.45) is 0.612. The second-order valence-electron chi connectivity index (χ2n) is 5.34. The number of nitrogens with zero attached hydrogens (tertiary/aromatic N) is 1. The zero-order valence-corrected chi connectivity index (χ0v) is 13.5. The minimum atomic E-state index is -0.605. The largest absolute Gasteiger partial charge is 0.503 e. The molecule has 1 N–H and O–H groups in total. The summed E-state index contributed by atoms with van der Waals surface area (Å²) in [5, 5.41) is 10.1. The number of aliphatic hydroxyl groups is 1. The van der Waals surface area contributed by atoms with E-state index >= 15 is 0 Å². The van der Waals surface area contributed by atoms with Crippen molar-refractivity contribution in [3.63, 3.8) is 0 Å². The molecule has 1 aliphatic rings. The summed E-state index contributed by atoms with van der Waals surface area (Å²) in [6.45, 7) is 2.23. The lowest BCUT2D eigenvalue weighted by atomic mass is 9.96. The monoisotopic (exact) mass is 319 g/mol. The molecule has 1 aromatic carbocycles. The van der Waals surface area contributed by atoms with Crippen molar-refractivity contribution in [3.8, 4) is 5.75 Å². The van der Waals surface area contributed by atoms with Crippen LogP contribution in [0.4, 0.5) is 0 Å². The van der Waals surface area contributed by atoms with Crippen LogP contribution in [0.3, 0.4) is 0 Å². The predicted molar refractivity (Wildman–Crippen MR) is 84.3 cm³/mol. The first-order chi connectivity index (χ1) is 11.0. The summed E-state index contributed by atoms with van der Waals surface area (Å²) < 4.78 is 10.2. The van der Waals surface area contributed by atoms with Crippen LogP contribution in [0.5, 0.6) is 5.75 Å². The number of aliphatic hydroxyl groups excluding tert-OH is 1. The molecule has 0 aliphatic carbocycles. The van der Waals surface area contributed by atoms with Gasteiger partial charge in [-0.1, -0.05) is 12.1 Å². The van der Waals surface area contributed by atoms with E-state index in [1.165, 1.54) is 11.8 Å². The fraction of sp³-hybridized carbons (Fsp3) is 0.412. The van der Waals surface area contributed by atoms with Crippen molar-refractivity contribution >= 4 is 11.7 Å². The van der Waals surface area contributed by atoms with E-state index in [0.29, 0.717) is 25.3 Å². The molecule has 0 saturated carbocycles. The molecule has 1 aromatic rings. The maximum atomic E-state index is 12.3. The van der Waals surface area contributed by atoms with Gasteiger partial charge in [-0.15, -0.1) is 0 Å². The fourth-order valence-electron chi connectivity index (χ4n) is 2.78. The Bertz CT molecular complexity index is 638. The topological polar surface area (TPSA) is 76.1 Å². The Morgan fingerprint density at radius 3 is 2.70 bits per heavy atom. The molecule has 0 spiro atoms. The molecule has 0 saturated heterocycles. The lowest BCUT2D eigenvalue weighted by Crippen LogP contribution is -2.32. The minimum Gasteiger partial charge on any atom is -0.503 e. The summed E-state index contributed by atoms with van der Waals surface area (Å²) in [7, 11) is 3.14. The quantitative estimate of drug-likeness (QED) is 0.778. The Kier molecular flexibility index (Phi) is 5.39. The minimum absolute atomic E-state index is 0.126. The highest BCUT2D eigenvalue weighted by atomic mass is 16.5. The standard InChI is InChI=1S/C17H21NO5/c1-11(19)14-15(12-6-4-7-13(10-12)23-3)18(8-5-9-22-2)17(21)16(14)20/h4,6-7,10,15,20H,5,8-9H2,1-3H3. The first-order valence-corrected chi connectivity index (χ1v) is 7.39. The second-order valence-corrected chi connectivity index (χ2v) is 5.34. The molecule has 23 heavy (non-hydrogen) atoms. The van der Waals surface area contributed by atoms with Crippen LogP contribution in [0.2, 0.25) is 0 Å². The number of ketones is 1. The highest BCUT2D eigenvalue weighted by Gasteiger charge is 2.42. The van der Waals surface area contributed by atoms with Gasteiger partial charge in [0, 0.05) is 20.3 Å². The highest BCUT2D eigenvalue weighted by Crippen LogP contribution is 2.38. The summed E-state index contributed by atoms with van der Waals surface area (Å²) >= 11 is 0. The molecule has 1 unspecified atom stereocenters. The lowest BCUT2D eigenvalue weighted by Gasteiger charge is -2.26. The van der Waals surface area contributed by atoms with Gasteiger partial charge in [-0.05, 0) is 31.0 Å². The molecule has 124 valence electrons. The van der Waals surface area contributed by atoms with Crippen LogP contribution in [0.1, 0.15) is 24.9 Å². The Balaban J connectivity index is 2.42. The number of rotatable bonds is 7. The van der Waals surface area contributed by atoms with Gasteiger partial charge in [-0.25, -0.2) is 0 Å². The molecule has 1 atom stereocenters. The normalized spacial score (nSPS) is 17.8. The number of hydrogen-bond donors (Lipinski definition) is 1. The van der Waals surface area contributed by atoms with Crippen LogP contribution in [-0.2, 0) is 14.3 Å². The number of carbonyl (C=O) groups excluding carboxylic acids is 2. The molecule has 1 aliphatic heterocycles. The van der Waals surface area contributed by atoms with Crippen LogP contribution in [0, 0.1) is 0 Å². The number of carbonyl (C=O) groups is 2. The average Bonchev–Trinajstić information content (AvgIpc) is 2.80. The number of amides is 1. The van der Waals surface area contributed by atoms with Crippen molar-refractivity contribution in [1.82, 2.24) is 4.90 Å². The Morgan fingerprint density at radius 1 is 1.35 bits per heavy atom. The van der Waals surface area contributed by atoms with E-state index in [1.54, 1.807) is 32.4 Å². The molecule has 1 amide bonds. The van der Waals surface area contributed by atoms with Crippen molar-refractivity contribution in [2.75, 3.05) is 27.4 Å². The smallest absolute Gasteiger partial charge is 0.290 e. The van der Waals surface area contributed by atoms with Crippen molar-refractivity contribution in [2.24, 2.45) is 0 Å². The van der Waals surface area contributed by atoms with Gasteiger partial charge >= 0.3 is 0 Å². The SMILES string of the molecule is COCCCN1C(=O)C(O)=C(C(C)=O)C1c1cccc(OC)c1. The first-order valence-electron chi connectivity index (χ1n) is 7.39. The molecule has 1 heterocycles. The van der Waals surface area contributed by atoms with Gasteiger partial charge in [0.15, 0.2) is 11.5 Å². The van der Waals surface area contributed by atoms with Gasteiger partial charge < -0.3 is 19.5 Å². The van der Waals surface area contributed by atoms with E-state index in [1.807, 2.05) is 6.07 Å². The summed E-state index contributed by atoms with van der Waals surface area (Å²) in [6, 6.07) is 6.55. The Labute approximate surface area is 135 Å². The first kappa shape index (κ1) is 17.0. The third kappa shape index (κ3) is 3.37. The van der Waals surface area contributed by atoms with E-state index in [2.05, 4.69) is 0 Å².